The number of halogens is 1. The molecule has 0 aliphatic heterocycles. The highest BCUT2D eigenvalue weighted by molar-refractivity contribution is 9.10. The number of amides is 2. The smallest absolute Gasteiger partial charge is 0.253 e. The molecular formula is C30H32BrN5O3S. The zero-order valence-corrected chi connectivity index (χ0v) is 25.0. The van der Waals surface area contributed by atoms with Crippen LogP contribution < -0.4 is 10.2 Å². The number of pyridine rings is 1. The molecule has 2 atom stereocenters. The quantitative estimate of drug-likeness (QED) is 0.251. The second kappa shape index (κ2) is 13.6. The monoisotopic (exact) mass is 621 g/mol. The molecule has 0 bridgehead atoms. The number of carbonyl (C=O) groups is 2. The first-order valence-corrected chi connectivity index (χ1v) is 14.5. The van der Waals surface area contributed by atoms with Crippen LogP contribution in [0.2, 0.25) is 0 Å². The number of anilines is 1. The lowest BCUT2D eigenvalue weighted by Gasteiger charge is -2.29. The van der Waals surface area contributed by atoms with Crippen molar-refractivity contribution < 1.29 is 14.7 Å². The minimum absolute atomic E-state index is 0.201. The van der Waals surface area contributed by atoms with Crippen molar-refractivity contribution in [3.8, 4) is 0 Å². The van der Waals surface area contributed by atoms with E-state index in [0.29, 0.717) is 24.1 Å². The van der Waals surface area contributed by atoms with Crippen molar-refractivity contribution in [1.82, 2.24) is 20.2 Å². The molecule has 0 saturated carbocycles. The predicted molar refractivity (Wildman–Crippen MR) is 162 cm³/mol. The number of aliphatic hydroxyl groups excluding tert-OH is 1. The van der Waals surface area contributed by atoms with Gasteiger partial charge in [-0.2, -0.15) is 0 Å². The van der Waals surface area contributed by atoms with Crippen LogP contribution in [0.4, 0.5) is 5.69 Å². The average Bonchev–Trinajstić information content (AvgIpc) is 3.36. The maximum absolute atomic E-state index is 13.4. The van der Waals surface area contributed by atoms with Crippen LogP contribution >= 0.6 is 27.3 Å². The summed E-state index contributed by atoms with van der Waals surface area (Å²) < 4.78 is 0.835. The van der Waals surface area contributed by atoms with Crippen molar-refractivity contribution in [2.24, 2.45) is 0 Å². The number of nitrogens with one attached hydrogen (secondary N) is 1. The maximum Gasteiger partial charge on any atom is 0.253 e. The molecule has 2 heterocycles. The molecule has 0 fully saturated rings. The van der Waals surface area contributed by atoms with Gasteiger partial charge in [-0.1, -0.05) is 36.4 Å². The molecule has 2 amide bonds. The summed E-state index contributed by atoms with van der Waals surface area (Å²) in [6, 6.07) is 17.7. The minimum atomic E-state index is -0.883. The lowest BCUT2D eigenvalue weighted by Crippen LogP contribution is -2.49. The number of aromatic nitrogens is 2. The Bertz CT molecular complexity index is 1450. The van der Waals surface area contributed by atoms with Gasteiger partial charge in [-0.15, -0.1) is 11.3 Å². The number of carbonyl (C=O) groups excluding carboxylic acids is 2. The van der Waals surface area contributed by atoms with Crippen molar-refractivity contribution in [2.45, 2.75) is 32.0 Å². The molecule has 2 aromatic heterocycles. The van der Waals surface area contributed by atoms with Gasteiger partial charge in [0, 0.05) is 53.5 Å². The lowest BCUT2D eigenvalue weighted by molar-refractivity contribution is 0.0785. The van der Waals surface area contributed by atoms with E-state index in [2.05, 4.69) is 31.2 Å². The van der Waals surface area contributed by atoms with E-state index < -0.39 is 12.1 Å². The molecule has 4 aromatic rings. The van der Waals surface area contributed by atoms with E-state index in [-0.39, 0.29) is 18.4 Å². The summed E-state index contributed by atoms with van der Waals surface area (Å²) in [5.41, 5.74) is 3.50. The first kappa shape index (κ1) is 29.4. The zero-order valence-electron chi connectivity index (χ0n) is 22.6. The van der Waals surface area contributed by atoms with E-state index in [4.69, 9.17) is 0 Å². The van der Waals surface area contributed by atoms with Gasteiger partial charge in [-0.3, -0.25) is 14.6 Å². The number of hydrogen-bond acceptors (Lipinski definition) is 7. The third-order valence-electron chi connectivity index (χ3n) is 6.43. The van der Waals surface area contributed by atoms with E-state index in [0.717, 1.165) is 26.4 Å². The van der Waals surface area contributed by atoms with Gasteiger partial charge in [0.2, 0.25) is 0 Å². The van der Waals surface area contributed by atoms with E-state index in [1.54, 1.807) is 48.6 Å². The minimum Gasteiger partial charge on any atom is -0.389 e. The van der Waals surface area contributed by atoms with Crippen LogP contribution in [0.5, 0.6) is 0 Å². The molecule has 4 rings (SSSR count). The van der Waals surface area contributed by atoms with Gasteiger partial charge < -0.3 is 20.2 Å². The second-order valence-corrected chi connectivity index (χ2v) is 11.6. The fourth-order valence-corrected chi connectivity index (χ4v) is 5.47. The molecule has 8 nitrogen and oxygen atoms in total. The Morgan fingerprint density at radius 2 is 1.80 bits per heavy atom. The Labute approximate surface area is 246 Å². The molecule has 2 N–H and O–H groups in total. The van der Waals surface area contributed by atoms with Gasteiger partial charge in [-0.05, 0) is 59.1 Å². The van der Waals surface area contributed by atoms with Crippen LogP contribution in [0.3, 0.4) is 0 Å². The highest BCUT2D eigenvalue weighted by Gasteiger charge is 2.25. The van der Waals surface area contributed by atoms with Crippen molar-refractivity contribution in [3.63, 3.8) is 0 Å². The van der Waals surface area contributed by atoms with Crippen molar-refractivity contribution >= 4 is 44.8 Å². The van der Waals surface area contributed by atoms with Crippen LogP contribution in [0.1, 0.15) is 37.0 Å². The van der Waals surface area contributed by atoms with Crippen LogP contribution in [0.25, 0.3) is 0 Å². The molecule has 0 radical (unpaired) electrons. The number of aryl methyl sites for hydroxylation is 1. The Morgan fingerprint density at radius 3 is 2.50 bits per heavy atom. The van der Waals surface area contributed by atoms with Gasteiger partial charge in [-0.25, -0.2) is 4.98 Å². The molecule has 2 aromatic carbocycles. The molecular weight excluding hydrogens is 590 g/mol. The fraction of sp³-hybridized carbons (Fsp3) is 0.267. The molecule has 40 heavy (non-hydrogen) atoms. The summed E-state index contributed by atoms with van der Waals surface area (Å²) in [5, 5.41) is 17.1. The van der Waals surface area contributed by atoms with Gasteiger partial charge in [0.05, 0.1) is 30.6 Å². The van der Waals surface area contributed by atoms with Crippen LogP contribution in [0, 0.1) is 6.92 Å². The van der Waals surface area contributed by atoms with Crippen molar-refractivity contribution in [2.75, 3.05) is 25.5 Å². The van der Waals surface area contributed by atoms with Crippen LogP contribution in [0.15, 0.2) is 82.9 Å². The van der Waals surface area contributed by atoms with Crippen LogP contribution in [-0.2, 0) is 13.0 Å². The fourth-order valence-electron chi connectivity index (χ4n) is 4.29. The Morgan fingerprint density at radius 1 is 1.05 bits per heavy atom. The molecule has 0 unspecified atom stereocenters. The maximum atomic E-state index is 13.4. The molecule has 0 spiro atoms. The molecule has 0 aliphatic carbocycles. The molecule has 10 heteroatoms. The molecule has 208 valence electrons. The number of hydrogen-bond donors (Lipinski definition) is 2. The van der Waals surface area contributed by atoms with Gasteiger partial charge in [0.25, 0.3) is 11.8 Å². The highest BCUT2D eigenvalue weighted by atomic mass is 79.9. The van der Waals surface area contributed by atoms with E-state index >= 15 is 0 Å². The SMILES string of the molecule is Cc1csc(CN(C)C(=O)c2cccc(C(=O)N[C@@H](Cc3ccccc3)[C@H](O)CN(C)c3cncc(Br)c3)c2)n1. The first-order chi connectivity index (χ1) is 19.2. The van der Waals surface area contributed by atoms with Crippen LogP contribution in [-0.4, -0.2) is 64.6 Å². The Kier molecular flexibility index (Phi) is 10.0. The van der Waals surface area contributed by atoms with Crippen molar-refractivity contribution in [1.29, 1.82) is 0 Å². The standard InChI is InChI=1S/C30H32BrN5O3S/c1-20-19-40-28(33-20)18-36(3)30(39)23-11-7-10-22(13-23)29(38)34-26(12-21-8-5-4-6-9-21)27(37)17-35(2)25-14-24(31)15-32-16-25/h4-11,13-16,19,26-27,37H,12,17-18H2,1-3H3,(H,34,38)/t26-,27+/m0/s1. The third-order valence-corrected chi connectivity index (χ3v) is 7.81. The summed E-state index contributed by atoms with van der Waals surface area (Å²) in [6.45, 7) is 2.58. The van der Waals surface area contributed by atoms with E-state index in [1.807, 2.05) is 60.6 Å². The topological polar surface area (TPSA) is 98.7 Å². The van der Waals surface area contributed by atoms with Gasteiger partial charge in [0.1, 0.15) is 5.01 Å². The van der Waals surface area contributed by atoms with Gasteiger partial charge in [0.15, 0.2) is 0 Å². The van der Waals surface area contributed by atoms with Crippen molar-refractivity contribution in [3.05, 3.63) is 110 Å². The van der Waals surface area contributed by atoms with E-state index in [1.165, 1.54) is 11.3 Å². The number of rotatable bonds is 11. The summed E-state index contributed by atoms with van der Waals surface area (Å²) in [7, 11) is 3.59. The first-order valence-electron chi connectivity index (χ1n) is 12.8. The Hall–Kier alpha value is -3.60. The summed E-state index contributed by atoms with van der Waals surface area (Å²) in [4.78, 5) is 38.6. The highest BCUT2D eigenvalue weighted by Crippen LogP contribution is 2.19. The zero-order chi connectivity index (χ0) is 28.6. The lowest BCUT2D eigenvalue weighted by atomic mass is 9.99. The number of likely N-dealkylation sites (N-methyl/N-ethyl adjacent to an activating group) is 1. The number of aliphatic hydroxyl groups is 1. The average molecular weight is 623 g/mol. The second-order valence-electron chi connectivity index (χ2n) is 9.70. The summed E-state index contributed by atoms with van der Waals surface area (Å²) in [6.07, 6.45) is 2.97. The normalized spacial score (nSPS) is 12.4. The number of benzene rings is 2. The number of nitrogens with zero attached hydrogens (tertiary/aromatic N) is 4. The number of thiazole rings is 1. The Balaban J connectivity index is 1.48. The third kappa shape index (κ3) is 7.97. The predicted octanol–water partition coefficient (Wildman–Crippen LogP) is 4.72. The summed E-state index contributed by atoms with van der Waals surface area (Å²) >= 11 is 4.94. The molecule has 0 aliphatic rings. The largest absolute Gasteiger partial charge is 0.389 e. The molecule has 0 saturated heterocycles. The summed E-state index contributed by atoms with van der Waals surface area (Å²) in [5.74, 6) is -0.563. The van der Waals surface area contributed by atoms with E-state index in [9.17, 15) is 14.7 Å². The van der Waals surface area contributed by atoms with Gasteiger partial charge >= 0.3 is 0 Å².